The Labute approximate surface area is 83.4 Å². The number of anilines is 1. The minimum atomic E-state index is -0.231. The Kier molecular flexibility index (Phi) is 2.63. The average molecular weight is 193 g/mol. The Morgan fingerprint density at radius 1 is 1.43 bits per heavy atom. The van der Waals surface area contributed by atoms with Crippen molar-refractivity contribution in [2.24, 2.45) is 0 Å². The number of nitrogens with one attached hydrogen (secondary N) is 1. The number of hydrogen-bond acceptors (Lipinski definition) is 4. The van der Waals surface area contributed by atoms with Crippen molar-refractivity contribution in [2.75, 3.05) is 5.32 Å². The summed E-state index contributed by atoms with van der Waals surface area (Å²) < 4.78 is 0. The van der Waals surface area contributed by atoms with Crippen LogP contribution >= 0.6 is 0 Å². The van der Waals surface area contributed by atoms with Crippen molar-refractivity contribution in [2.45, 2.75) is 38.3 Å². The molecule has 76 valence electrons. The molecule has 2 atom stereocenters. The van der Waals surface area contributed by atoms with Gasteiger partial charge in [-0.05, 0) is 26.2 Å². The van der Waals surface area contributed by atoms with Crippen LogP contribution < -0.4 is 5.32 Å². The van der Waals surface area contributed by atoms with Crippen LogP contribution in [0, 0.1) is 6.92 Å². The SMILES string of the molecule is Cc1cc(N[C@@H]2CCC[C@H]2O)ncn1. The fourth-order valence-corrected chi connectivity index (χ4v) is 1.83. The molecule has 0 bridgehead atoms. The van der Waals surface area contributed by atoms with Gasteiger partial charge in [0.05, 0.1) is 12.1 Å². The van der Waals surface area contributed by atoms with Crippen LogP contribution in [0.25, 0.3) is 0 Å². The molecule has 2 rings (SSSR count). The van der Waals surface area contributed by atoms with Crippen molar-refractivity contribution >= 4 is 5.82 Å². The summed E-state index contributed by atoms with van der Waals surface area (Å²) in [5.74, 6) is 0.809. The lowest BCUT2D eigenvalue weighted by Gasteiger charge is -2.16. The molecule has 0 saturated heterocycles. The molecule has 0 aliphatic heterocycles. The van der Waals surface area contributed by atoms with Gasteiger partial charge >= 0.3 is 0 Å². The van der Waals surface area contributed by atoms with E-state index in [0.29, 0.717) is 0 Å². The fraction of sp³-hybridized carbons (Fsp3) is 0.600. The maximum atomic E-state index is 9.61. The molecule has 0 spiro atoms. The van der Waals surface area contributed by atoms with Crippen LogP contribution in [-0.4, -0.2) is 27.2 Å². The largest absolute Gasteiger partial charge is 0.391 e. The normalized spacial score (nSPS) is 26.4. The van der Waals surface area contributed by atoms with Crippen LogP contribution in [0.3, 0.4) is 0 Å². The van der Waals surface area contributed by atoms with Gasteiger partial charge < -0.3 is 10.4 Å². The highest BCUT2D eigenvalue weighted by Gasteiger charge is 2.24. The van der Waals surface area contributed by atoms with Crippen LogP contribution in [0.5, 0.6) is 0 Å². The molecular weight excluding hydrogens is 178 g/mol. The summed E-state index contributed by atoms with van der Waals surface area (Å²) in [7, 11) is 0. The van der Waals surface area contributed by atoms with E-state index in [-0.39, 0.29) is 12.1 Å². The number of nitrogens with zero attached hydrogens (tertiary/aromatic N) is 2. The number of rotatable bonds is 2. The molecule has 1 heterocycles. The standard InChI is InChI=1S/C10H15N3O/c1-7-5-10(12-6-11-7)13-8-3-2-4-9(8)14/h5-6,8-9,14H,2-4H2,1H3,(H,11,12,13)/t8-,9-/m1/s1. The molecule has 0 radical (unpaired) electrons. The second-order valence-corrected chi connectivity index (χ2v) is 3.79. The molecule has 4 nitrogen and oxygen atoms in total. The Bertz CT molecular complexity index is 316. The molecule has 0 aromatic carbocycles. The molecule has 1 aliphatic carbocycles. The van der Waals surface area contributed by atoms with Crippen LogP contribution in [0.1, 0.15) is 25.0 Å². The second-order valence-electron chi connectivity index (χ2n) is 3.79. The van der Waals surface area contributed by atoms with Gasteiger partial charge in [0.15, 0.2) is 0 Å². The van der Waals surface area contributed by atoms with Crippen molar-refractivity contribution in [1.82, 2.24) is 9.97 Å². The van der Waals surface area contributed by atoms with Gasteiger partial charge in [-0.1, -0.05) is 0 Å². The number of aliphatic hydroxyl groups is 1. The zero-order chi connectivity index (χ0) is 9.97. The molecular formula is C10H15N3O. The van der Waals surface area contributed by atoms with Crippen molar-refractivity contribution in [3.05, 3.63) is 18.1 Å². The fourth-order valence-electron chi connectivity index (χ4n) is 1.83. The first kappa shape index (κ1) is 9.40. The van der Waals surface area contributed by atoms with Crippen molar-refractivity contribution in [3.8, 4) is 0 Å². The minimum absolute atomic E-state index is 0.157. The van der Waals surface area contributed by atoms with Crippen LogP contribution in [0.4, 0.5) is 5.82 Å². The third-order valence-corrected chi connectivity index (χ3v) is 2.62. The van der Waals surface area contributed by atoms with E-state index >= 15 is 0 Å². The quantitative estimate of drug-likeness (QED) is 0.738. The van der Waals surface area contributed by atoms with E-state index in [4.69, 9.17) is 0 Å². The van der Waals surface area contributed by atoms with E-state index in [1.54, 1.807) is 6.33 Å². The summed E-state index contributed by atoms with van der Waals surface area (Å²) in [6.07, 6.45) is 4.30. The third kappa shape index (κ3) is 2.01. The minimum Gasteiger partial charge on any atom is -0.391 e. The molecule has 4 heteroatoms. The van der Waals surface area contributed by atoms with Crippen LogP contribution in [0.15, 0.2) is 12.4 Å². The number of aliphatic hydroxyl groups excluding tert-OH is 1. The van der Waals surface area contributed by atoms with E-state index in [9.17, 15) is 5.11 Å². The van der Waals surface area contributed by atoms with Gasteiger partial charge in [0.2, 0.25) is 0 Å². The zero-order valence-electron chi connectivity index (χ0n) is 8.27. The van der Waals surface area contributed by atoms with Crippen LogP contribution in [-0.2, 0) is 0 Å². The molecule has 2 N–H and O–H groups in total. The van der Waals surface area contributed by atoms with Crippen molar-refractivity contribution in [1.29, 1.82) is 0 Å². The summed E-state index contributed by atoms with van der Waals surface area (Å²) in [5.41, 5.74) is 0.940. The molecule has 0 unspecified atom stereocenters. The second kappa shape index (κ2) is 3.92. The number of aromatic nitrogens is 2. The maximum absolute atomic E-state index is 9.61. The van der Waals surface area contributed by atoms with Crippen molar-refractivity contribution < 1.29 is 5.11 Å². The van der Waals surface area contributed by atoms with E-state index in [0.717, 1.165) is 30.8 Å². The van der Waals surface area contributed by atoms with E-state index < -0.39 is 0 Å². The Balaban J connectivity index is 2.03. The average Bonchev–Trinajstić information content (AvgIpc) is 2.52. The molecule has 14 heavy (non-hydrogen) atoms. The zero-order valence-corrected chi connectivity index (χ0v) is 8.27. The summed E-state index contributed by atoms with van der Waals surface area (Å²) in [5, 5.41) is 12.8. The third-order valence-electron chi connectivity index (χ3n) is 2.62. The van der Waals surface area contributed by atoms with Gasteiger partial charge in [0.25, 0.3) is 0 Å². The Morgan fingerprint density at radius 2 is 2.29 bits per heavy atom. The first-order valence-electron chi connectivity index (χ1n) is 4.99. The predicted molar refractivity (Wildman–Crippen MR) is 54.0 cm³/mol. The van der Waals surface area contributed by atoms with Gasteiger partial charge in [-0.25, -0.2) is 9.97 Å². The maximum Gasteiger partial charge on any atom is 0.129 e. The molecule has 1 saturated carbocycles. The predicted octanol–water partition coefficient (Wildman–Crippen LogP) is 1.11. The monoisotopic (exact) mass is 193 g/mol. The number of aryl methyl sites for hydroxylation is 1. The summed E-state index contributed by atoms with van der Waals surface area (Å²) >= 11 is 0. The molecule has 1 aliphatic rings. The molecule has 1 aromatic heterocycles. The summed E-state index contributed by atoms with van der Waals surface area (Å²) in [4.78, 5) is 8.12. The lowest BCUT2D eigenvalue weighted by atomic mass is 10.2. The van der Waals surface area contributed by atoms with Gasteiger partial charge in [-0.3, -0.25) is 0 Å². The lowest BCUT2D eigenvalue weighted by molar-refractivity contribution is 0.171. The summed E-state index contributed by atoms with van der Waals surface area (Å²) in [6.45, 7) is 1.93. The van der Waals surface area contributed by atoms with Gasteiger partial charge in [-0.15, -0.1) is 0 Å². The number of hydrogen-bond donors (Lipinski definition) is 2. The highest BCUT2D eigenvalue weighted by molar-refractivity contribution is 5.36. The van der Waals surface area contributed by atoms with E-state index in [1.807, 2.05) is 13.0 Å². The van der Waals surface area contributed by atoms with Gasteiger partial charge in [0, 0.05) is 11.8 Å². The smallest absolute Gasteiger partial charge is 0.129 e. The van der Waals surface area contributed by atoms with Gasteiger partial charge in [0.1, 0.15) is 12.1 Å². The summed E-state index contributed by atoms with van der Waals surface area (Å²) in [6, 6.07) is 2.05. The topological polar surface area (TPSA) is 58.0 Å². The van der Waals surface area contributed by atoms with E-state index in [1.165, 1.54) is 0 Å². The highest BCUT2D eigenvalue weighted by atomic mass is 16.3. The molecule has 0 amide bonds. The van der Waals surface area contributed by atoms with E-state index in [2.05, 4.69) is 15.3 Å². The molecule has 1 fully saturated rings. The van der Waals surface area contributed by atoms with Crippen LogP contribution in [0.2, 0.25) is 0 Å². The highest BCUT2D eigenvalue weighted by Crippen LogP contribution is 2.21. The van der Waals surface area contributed by atoms with Gasteiger partial charge in [-0.2, -0.15) is 0 Å². The molecule has 1 aromatic rings. The first-order valence-corrected chi connectivity index (χ1v) is 4.99. The Hall–Kier alpha value is -1.16. The first-order chi connectivity index (χ1) is 6.75. The van der Waals surface area contributed by atoms with Crippen molar-refractivity contribution in [3.63, 3.8) is 0 Å². The Morgan fingerprint density at radius 3 is 2.93 bits per heavy atom. The lowest BCUT2D eigenvalue weighted by Crippen LogP contribution is -2.28.